The molecule has 0 spiro atoms. The van der Waals surface area contributed by atoms with Crippen LogP contribution < -0.4 is 15.8 Å². The molecule has 2 aromatic rings. The molecule has 0 unspecified atom stereocenters. The van der Waals surface area contributed by atoms with Crippen LogP contribution in [0.1, 0.15) is 5.69 Å². The van der Waals surface area contributed by atoms with Crippen LogP contribution in [0.4, 0.5) is 24.5 Å². The van der Waals surface area contributed by atoms with Crippen molar-refractivity contribution in [2.75, 3.05) is 11.1 Å². The maximum absolute atomic E-state index is 13.4. The molecule has 0 saturated carbocycles. The molecule has 0 aliphatic rings. The van der Waals surface area contributed by atoms with Crippen molar-refractivity contribution in [1.29, 1.82) is 0 Å². The molecule has 1 aromatic carbocycles. The van der Waals surface area contributed by atoms with E-state index in [-0.39, 0.29) is 5.69 Å². The molecule has 1 aromatic heterocycles. The number of rotatable bonds is 5. The number of pyridine rings is 1. The zero-order chi connectivity index (χ0) is 14.5. The average Bonchev–Trinajstić information content (AvgIpc) is 2.41. The number of hydrogen-bond acceptors (Lipinski definition) is 4. The van der Waals surface area contributed by atoms with E-state index in [1.807, 2.05) is 6.07 Å². The number of benzene rings is 1. The summed E-state index contributed by atoms with van der Waals surface area (Å²) in [7, 11) is 0. The van der Waals surface area contributed by atoms with Gasteiger partial charge in [-0.3, -0.25) is 4.98 Å². The lowest BCUT2D eigenvalue weighted by atomic mass is 10.2. The Balaban J connectivity index is 2.14. The van der Waals surface area contributed by atoms with Crippen molar-refractivity contribution >= 4 is 11.4 Å². The van der Waals surface area contributed by atoms with Gasteiger partial charge in [0.05, 0.1) is 23.6 Å². The van der Waals surface area contributed by atoms with Gasteiger partial charge < -0.3 is 15.8 Å². The highest BCUT2D eigenvalue weighted by Gasteiger charge is 2.13. The Morgan fingerprint density at radius 2 is 2.10 bits per heavy atom. The Kier molecular flexibility index (Phi) is 4.29. The first kappa shape index (κ1) is 14.0. The van der Waals surface area contributed by atoms with Gasteiger partial charge in [-0.15, -0.1) is 0 Å². The van der Waals surface area contributed by atoms with Crippen molar-refractivity contribution in [3.8, 4) is 5.75 Å². The summed E-state index contributed by atoms with van der Waals surface area (Å²) in [5.74, 6) is -1.50. The Bertz CT molecular complexity index is 579. The van der Waals surface area contributed by atoms with Crippen LogP contribution in [0.2, 0.25) is 0 Å². The normalized spacial score (nSPS) is 10.6. The van der Waals surface area contributed by atoms with Gasteiger partial charge in [-0.05, 0) is 12.1 Å². The fraction of sp³-hybridized carbons (Fsp3) is 0.154. The number of ether oxygens (including phenoxy) is 1. The second-order valence-electron chi connectivity index (χ2n) is 3.92. The van der Waals surface area contributed by atoms with Crippen LogP contribution in [0, 0.1) is 5.82 Å². The first-order chi connectivity index (χ1) is 9.56. The minimum Gasteiger partial charge on any atom is -0.432 e. The maximum atomic E-state index is 13.4. The molecule has 0 bridgehead atoms. The summed E-state index contributed by atoms with van der Waals surface area (Å²) in [5, 5.41) is 2.89. The van der Waals surface area contributed by atoms with Crippen molar-refractivity contribution in [1.82, 2.24) is 4.98 Å². The van der Waals surface area contributed by atoms with Gasteiger partial charge in [0.25, 0.3) is 0 Å². The second-order valence-corrected chi connectivity index (χ2v) is 3.92. The van der Waals surface area contributed by atoms with Crippen LogP contribution in [0.5, 0.6) is 5.75 Å². The highest BCUT2D eigenvalue weighted by Crippen LogP contribution is 2.29. The monoisotopic (exact) mass is 283 g/mol. The SMILES string of the molecule is Nc1cc(F)c(OC(F)F)cc1NCc1ccccn1. The molecule has 0 radical (unpaired) electrons. The standard InChI is InChI=1S/C13H12F3N3O/c14-9-5-10(17)11(6-12(9)20-13(15)16)19-7-8-3-1-2-4-18-8/h1-6,13,19H,7,17H2. The molecule has 106 valence electrons. The van der Waals surface area contributed by atoms with Crippen LogP contribution in [-0.4, -0.2) is 11.6 Å². The minimum atomic E-state index is -3.10. The van der Waals surface area contributed by atoms with Gasteiger partial charge in [0, 0.05) is 18.3 Å². The summed E-state index contributed by atoms with van der Waals surface area (Å²) in [4.78, 5) is 4.08. The van der Waals surface area contributed by atoms with E-state index in [0.29, 0.717) is 12.2 Å². The Morgan fingerprint density at radius 1 is 1.30 bits per heavy atom. The van der Waals surface area contributed by atoms with Crippen LogP contribution in [0.15, 0.2) is 36.5 Å². The summed E-state index contributed by atoms with van der Waals surface area (Å²) in [6, 6.07) is 7.38. The van der Waals surface area contributed by atoms with Crippen molar-refractivity contribution in [2.24, 2.45) is 0 Å². The lowest BCUT2D eigenvalue weighted by Gasteiger charge is -2.12. The van der Waals surface area contributed by atoms with Gasteiger partial charge in [-0.25, -0.2) is 4.39 Å². The van der Waals surface area contributed by atoms with E-state index in [2.05, 4.69) is 15.0 Å². The molecular weight excluding hydrogens is 271 g/mol. The fourth-order valence-corrected chi connectivity index (χ4v) is 1.60. The lowest BCUT2D eigenvalue weighted by molar-refractivity contribution is -0.0521. The molecule has 3 N–H and O–H groups in total. The van der Waals surface area contributed by atoms with E-state index in [1.54, 1.807) is 18.3 Å². The predicted octanol–water partition coefficient (Wildman–Crippen LogP) is 3.02. The molecule has 0 fully saturated rings. The summed E-state index contributed by atoms with van der Waals surface area (Å²) in [6.07, 6.45) is 1.62. The van der Waals surface area contributed by atoms with Crippen molar-refractivity contribution in [3.05, 3.63) is 48.0 Å². The second kappa shape index (κ2) is 6.14. The number of anilines is 2. The van der Waals surface area contributed by atoms with Crippen molar-refractivity contribution in [3.63, 3.8) is 0 Å². The minimum absolute atomic E-state index is 0.0973. The van der Waals surface area contributed by atoms with Crippen LogP contribution >= 0.6 is 0 Å². The quantitative estimate of drug-likeness (QED) is 0.828. The van der Waals surface area contributed by atoms with Gasteiger partial charge >= 0.3 is 6.61 Å². The van der Waals surface area contributed by atoms with Crippen molar-refractivity contribution in [2.45, 2.75) is 13.2 Å². The zero-order valence-corrected chi connectivity index (χ0v) is 10.3. The number of aromatic nitrogens is 1. The highest BCUT2D eigenvalue weighted by atomic mass is 19.3. The van der Waals surface area contributed by atoms with E-state index in [0.717, 1.165) is 17.8 Å². The summed E-state index contributed by atoms with van der Waals surface area (Å²) in [6.45, 7) is -2.78. The van der Waals surface area contributed by atoms with Gasteiger partial charge in [-0.1, -0.05) is 6.07 Å². The maximum Gasteiger partial charge on any atom is 0.387 e. The molecular formula is C13H12F3N3O. The molecule has 0 saturated heterocycles. The smallest absolute Gasteiger partial charge is 0.387 e. The van der Waals surface area contributed by atoms with E-state index in [9.17, 15) is 13.2 Å². The lowest BCUT2D eigenvalue weighted by Crippen LogP contribution is -2.07. The average molecular weight is 283 g/mol. The first-order valence-electron chi connectivity index (χ1n) is 5.74. The highest BCUT2D eigenvalue weighted by molar-refractivity contribution is 5.68. The zero-order valence-electron chi connectivity index (χ0n) is 10.3. The molecule has 1 heterocycles. The van der Waals surface area contributed by atoms with Gasteiger partial charge in [0.15, 0.2) is 11.6 Å². The molecule has 7 heteroatoms. The topological polar surface area (TPSA) is 60.2 Å². The summed E-state index contributed by atoms with van der Waals surface area (Å²) >= 11 is 0. The third kappa shape index (κ3) is 3.53. The van der Waals surface area contributed by atoms with E-state index in [1.165, 1.54) is 0 Å². The first-order valence-corrected chi connectivity index (χ1v) is 5.74. The van der Waals surface area contributed by atoms with Gasteiger partial charge in [-0.2, -0.15) is 8.78 Å². The molecule has 0 aliphatic carbocycles. The number of alkyl halides is 2. The Hall–Kier alpha value is -2.44. The molecule has 0 amide bonds. The molecule has 20 heavy (non-hydrogen) atoms. The molecule has 4 nitrogen and oxygen atoms in total. The van der Waals surface area contributed by atoms with Crippen LogP contribution in [0.3, 0.4) is 0 Å². The number of nitrogens with zero attached hydrogens (tertiary/aromatic N) is 1. The Morgan fingerprint density at radius 3 is 2.75 bits per heavy atom. The van der Waals surface area contributed by atoms with E-state index in [4.69, 9.17) is 5.73 Å². The molecule has 2 rings (SSSR count). The summed E-state index contributed by atoms with van der Waals surface area (Å²) < 4.78 is 41.7. The predicted molar refractivity (Wildman–Crippen MR) is 69.0 cm³/mol. The van der Waals surface area contributed by atoms with Gasteiger partial charge in [0.2, 0.25) is 0 Å². The number of nitrogen functional groups attached to an aromatic ring is 1. The number of nitrogens with one attached hydrogen (secondary N) is 1. The van der Waals surface area contributed by atoms with Gasteiger partial charge in [0.1, 0.15) is 0 Å². The largest absolute Gasteiger partial charge is 0.432 e. The molecule has 0 aliphatic heterocycles. The number of hydrogen-bond donors (Lipinski definition) is 2. The van der Waals surface area contributed by atoms with E-state index < -0.39 is 18.2 Å². The van der Waals surface area contributed by atoms with Crippen LogP contribution in [-0.2, 0) is 6.54 Å². The fourth-order valence-electron chi connectivity index (χ4n) is 1.60. The number of halogens is 3. The number of nitrogens with two attached hydrogens (primary N) is 1. The van der Waals surface area contributed by atoms with Crippen LogP contribution in [0.25, 0.3) is 0 Å². The summed E-state index contributed by atoms with van der Waals surface area (Å²) in [5.41, 5.74) is 6.74. The third-order valence-corrected chi connectivity index (χ3v) is 2.51. The Labute approximate surface area is 113 Å². The van der Waals surface area contributed by atoms with E-state index >= 15 is 0 Å². The molecule has 0 atom stereocenters. The third-order valence-electron chi connectivity index (χ3n) is 2.51. The van der Waals surface area contributed by atoms with Crippen molar-refractivity contribution < 1.29 is 17.9 Å².